The Balaban J connectivity index is 2.62. The molecule has 0 amide bonds. The number of ketones is 1. The van der Waals surface area contributed by atoms with E-state index in [2.05, 4.69) is 6.92 Å². The van der Waals surface area contributed by atoms with Gasteiger partial charge in [0.2, 0.25) is 0 Å². The molecule has 0 heterocycles. The summed E-state index contributed by atoms with van der Waals surface area (Å²) in [4.78, 5) is 11.7. The summed E-state index contributed by atoms with van der Waals surface area (Å²) in [6.07, 6.45) is 5.71. The largest absolute Gasteiger partial charge is 0.313 e. The molecule has 0 aromatic heterocycles. The van der Waals surface area contributed by atoms with E-state index in [1.54, 1.807) is 13.0 Å². The third kappa shape index (κ3) is 4.83. The standard InChI is InChI=1S/C23H29O2P/c1-4-5-8-17-23(19(2)18-20(3)24)26(25,21-13-9-6-10-14-21)22-15-11-7-12-16-22/h6-7,9-16,18,23H,4-5,8,17H2,1-3H3. The topological polar surface area (TPSA) is 34.1 Å². The Bertz CT molecular complexity index is 735. The summed E-state index contributed by atoms with van der Waals surface area (Å²) in [7, 11) is -2.91. The molecule has 0 N–H and O–H groups in total. The van der Waals surface area contributed by atoms with E-state index in [9.17, 15) is 9.36 Å². The number of carbonyl (C=O) groups excluding carboxylic acids is 1. The van der Waals surface area contributed by atoms with Gasteiger partial charge in [-0.15, -0.1) is 0 Å². The maximum atomic E-state index is 14.6. The van der Waals surface area contributed by atoms with E-state index in [0.717, 1.165) is 41.9 Å². The highest BCUT2D eigenvalue weighted by atomic mass is 31.2. The molecule has 138 valence electrons. The fourth-order valence-electron chi connectivity index (χ4n) is 3.51. The van der Waals surface area contributed by atoms with Gasteiger partial charge in [0.05, 0.1) is 0 Å². The molecule has 0 spiro atoms. The first-order valence-corrected chi connectivity index (χ1v) is 11.2. The Morgan fingerprint density at radius 3 is 1.85 bits per heavy atom. The number of hydrogen-bond acceptors (Lipinski definition) is 2. The van der Waals surface area contributed by atoms with Crippen molar-refractivity contribution in [1.82, 2.24) is 0 Å². The van der Waals surface area contributed by atoms with Crippen molar-refractivity contribution in [3.63, 3.8) is 0 Å². The van der Waals surface area contributed by atoms with Gasteiger partial charge in [-0.25, -0.2) is 0 Å². The fourth-order valence-corrected chi connectivity index (χ4v) is 6.95. The van der Waals surface area contributed by atoms with Gasteiger partial charge in [-0.2, -0.15) is 0 Å². The van der Waals surface area contributed by atoms with Crippen LogP contribution in [0.25, 0.3) is 0 Å². The van der Waals surface area contributed by atoms with Gasteiger partial charge in [-0.05, 0) is 26.3 Å². The van der Waals surface area contributed by atoms with Crippen LogP contribution in [0.2, 0.25) is 0 Å². The van der Waals surface area contributed by atoms with Crippen LogP contribution in [0.15, 0.2) is 72.3 Å². The normalized spacial score (nSPS) is 13.4. The maximum absolute atomic E-state index is 14.6. The maximum Gasteiger partial charge on any atom is 0.152 e. The van der Waals surface area contributed by atoms with Crippen molar-refractivity contribution in [3.05, 3.63) is 72.3 Å². The van der Waals surface area contributed by atoms with E-state index >= 15 is 0 Å². The van der Waals surface area contributed by atoms with Gasteiger partial charge >= 0.3 is 0 Å². The van der Waals surface area contributed by atoms with Gasteiger partial charge in [0.1, 0.15) is 7.14 Å². The lowest BCUT2D eigenvalue weighted by Crippen LogP contribution is -2.27. The molecule has 0 aliphatic heterocycles. The molecular weight excluding hydrogens is 339 g/mol. The highest BCUT2D eigenvalue weighted by molar-refractivity contribution is 7.79. The van der Waals surface area contributed by atoms with Crippen LogP contribution in [0.3, 0.4) is 0 Å². The van der Waals surface area contributed by atoms with Gasteiger partial charge in [-0.1, -0.05) is 92.4 Å². The summed E-state index contributed by atoms with van der Waals surface area (Å²) in [5, 5.41) is 1.73. The van der Waals surface area contributed by atoms with Crippen molar-refractivity contribution < 1.29 is 9.36 Å². The van der Waals surface area contributed by atoms with Crippen molar-refractivity contribution in [3.8, 4) is 0 Å². The molecule has 0 aliphatic rings. The predicted molar refractivity (Wildman–Crippen MR) is 112 cm³/mol. The first-order valence-electron chi connectivity index (χ1n) is 9.39. The molecule has 0 radical (unpaired) electrons. The molecule has 2 nitrogen and oxygen atoms in total. The molecule has 1 atom stereocenters. The number of carbonyl (C=O) groups is 1. The van der Waals surface area contributed by atoms with Gasteiger partial charge < -0.3 is 4.57 Å². The lowest BCUT2D eigenvalue weighted by molar-refractivity contribution is -0.112. The molecule has 2 rings (SSSR count). The van der Waals surface area contributed by atoms with Crippen molar-refractivity contribution in [1.29, 1.82) is 0 Å². The van der Waals surface area contributed by atoms with Crippen LogP contribution < -0.4 is 10.6 Å². The molecule has 2 aromatic rings. The highest BCUT2D eigenvalue weighted by Gasteiger charge is 2.37. The third-order valence-corrected chi connectivity index (χ3v) is 8.43. The summed E-state index contributed by atoms with van der Waals surface area (Å²) >= 11 is 0. The highest BCUT2D eigenvalue weighted by Crippen LogP contribution is 2.53. The van der Waals surface area contributed by atoms with Gasteiger partial charge in [0.15, 0.2) is 5.78 Å². The van der Waals surface area contributed by atoms with Gasteiger partial charge in [0, 0.05) is 16.3 Å². The van der Waals surface area contributed by atoms with E-state index in [1.807, 2.05) is 67.6 Å². The average Bonchev–Trinajstić information content (AvgIpc) is 2.65. The molecule has 26 heavy (non-hydrogen) atoms. The molecule has 0 saturated carbocycles. The molecule has 1 unspecified atom stereocenters. The first kappa shape index (κ1) is 20.4. The Labute approximate surface area is 157 Å². The molecule has 0 fully saturated rings. The number of benzene rings is 2. The van der Waals surface area contributed by atoms with Crippen LogP contribution >= 0.6 is 7.14 Å². The molecule has 0 aliphatic carbocycles. The Kier molecular flexibility index (Phi) is 7.60. The zero-order chi connectivity index (χ0) is 19.0. The monoisotopic (exact) mass is 368 g/mol. The second-order valence-electron chi connectivity index (χ2n) is 6.84. The van der Waals surface area contributed by atoms with Crippen LogP contribution in [-0.2, 0) is 9.36 Å². The smallest absolute Gasteiger partial charge is 0.152 e. The van der Waals surface area contributed by atoms with E-state index in [1.165, 1.54) is 0 Å². The number of rotatable bonds is 9. The lowest BCUT2D eigenvalue weighted by atomic mass is 10.1. The zero-order valence-electron chi connectivity index (χ0n) is 16.0. The van der Waals surface area contributed by atoms with Crippen LogP contribution in [0, 0.1) is 0 Å². The van der Waals surface area contributed by atoms with Crippen LogP contribution in [0.1, 0.15) is 46.5 Å². The summed E-state index contributed by atoms with van der Waals surface area (Å²) in [5.41, 5.74) is 0.771. The lowest BCUT2D eigenvalue weighted by Gasteiger charge is -2.30. The van der Waals surface area contributed by atoms with Crippen molar-refractivity contribution in [2.24, 2.45) is 0 Å². The minimum Gasteiger partial charge on any atom is -0.313 e. The summed E-state index contributed by atoms with van der Waals surface area (Å²) in [5.74, 6) is 0.00987. The minimum atomic E-state index is -2.91. The van der Waals surface area contributed by atoms with Gasteiger partial charge in [0.25, 0.3) is 0 Å². The van der Waals surface area contributed by atoms with Crippen LogP contribution in [0.4, 0.5) is 0 Å². The molecule has 0 bridgehead atoms. The second kappa shape index (κ2) is 9.69. The molecule has 0 saturated heterocycles. The summed E-state index contributed by atoms with van der Waals surface area (Å²) < 4.78 is 14.6. The quantitative estimate of drug-likeness (QED) is 0.333. The van der Waals surface area contributed by atoms with Crippen LogP contribution in [0.5, 0.6) is 0 Å². The van der Waals surface area contributed by atoms with E-state index in [-0.39, 0.29) is 11.4 Å². The van der Waals surface area contributed by atoms with E-state index in [0.29, 0.717) is 0 Å². The van der Waals surface area contributed by atoms with Crippen LogP contribution in [-0.4, -0.2) is 11.4 Å². The van der Waals surface area contributed by atoms with Crippen molar-refractivity contribution in [2.45, 2.75) is 52.1 Å². The first-order chi connectivity index (χ1) is 12.5. The van der Waals surface area contributed by atoms with Crippen molar-refractivity contribution in [2.75, 3.05) is 0 Å². The number of unbranched alkanes of at least 4 members (excludes halogenated alkanes) is 2. The number of allylic oxidation sites excluding steroid dienone is 2. The minimum absolute atomic E-state index is 0.00987. The Morgan fingerprint density at radius 1 is 0.923 bits per heavy atom. The second-order valence-corrected chi connectivity index (χ2v) is 9.81. The predicted octanol–water partition coefficient (Wildman–Crippen LogP) is 5.48. The van der Waals surface area contributed by atoms with Crippen molar-refractivity contribution >= 4 is 23.5 Å². The number of hydrogen-bond donors (Lipinski definition) is 0. The Hall–Kier alpha value is -1.92. The molecule has 3 heteroatoms. The Morgan fingerprint density at radius 2 is 1.42 bits per heavy atom. The fraction of sp³-hybridized carbons (Fsp3) is 0.348. The molecule has 2 aromatic carbocycles. The average molecular weight is 368 g/mol. The summed E-state index contributed by atoms with van der Waals surface area (Å²) in [6.45, 7) is 5.68. The SMILES string of the molecule is CCCCCC(C(C)=CC(C)=O)P(=O)(c1ccccc1)c1ccccc1. The summed E-state index contributed by atoms with van der Waals surface area (Å²) in [6, 6.07) is 19.5. The van der Waals surface area contributed by atoms with E-state index in [4.69, 9.17) is 0 Å². The molecular formula is C23H29O2P. The van der Waals surface area contributed by atoms with Gasteiger partial charge in [-0.3, -0.25) is 4.79 Å². The zero-order valence-corrected chi connectivity index (χ0v) is 16.9. The third-order valence-electron chi connectivity index (χ3n) is 4.76. The van der Waals surface area contributed by atoms with E-state index < -0.39 is 7.14 Å².